The van der Waals surface area contributed by atoms with Crippen LogP contribution in [0.5, 0.6) is 5.75 Å². The van der Waals surface area contributed by atoms with E-state index in [2.05, 4.69) is 10.0 Å². The Kier molecular flexibility index (Phi) is 7.56. The van der Waals surface area contributed by atoms with Crippen molar-refractivity contribution in [1.29, 1.82) is 0 Å². The predicted octanol–water partition coefficient (Wildman–Crippen LogP) is 5.01. The van der Waals surface area contributed by atoms with E-state index in [1.807, 2.05) is 62.4 Å². The first-order chi connectivity index (χ1) is 15.1. The van der Waals surface area contributed by atoms with Crippen molar-refractivity contribution in [3.63, 3.8) is 0 Å². The van der Waals surface area contributed by atoms with Gasteiger partial charge in [-0.2, -0.15) is 0 Å². The third-order valence-electron chi connectivity index (χ3n) is 4.71. The smallest absolute Gasteiger partial charge is 0.262 e. The SMILES string of the molecule is Cc1cc(C)cc(NC(=O)COc2ccc(S(=O)(=O)NC(C)c3ccccc3)cc2Cl)c1. The minimum atomic E-state index is -3.80. The molecule has 2 N–H and O–H groups in total. The van der Waals surface area contributed by atoms with E-state index in [4.69, 9.17) is 16.3 Å². The number of halogens is 1. The minimum Gasteiger partial charge on any atom is -0.482 e. The zero-order chi connectivity index (χ0) is 23.3. The average molecular weight is 473 g/mol. The summed E-state index contributed by atoms with van der Waals surface area (Å²) < 4.78 is 33.6. The van der Waals surface area contributed by atoms with Gasteiger partial charge in [-0.15, -0.1) is 0 Å². The fraction of sp³-hybridized carbons (Fsp3) is 0.208. The quantitative estimate of drug-likeness (QED) is 0.482. The molecule has 0 aliphatic rings. The van der Waals surface area contributed by atoms with E-state index in [9.17, 15) is 13.2 Å². The molecule has 0 radical (unpaired) electrons. The number of sulfonamides is 1. The number of ether oxygens (including phenoxy) is 1. The van der Waals surface area contributed by atoms with Crippen molar-refractivity contribution in [2.75, 3.05) is 11.9 Å². The first kappa shape index (κ1) is 23.8. The highest BCUT2D eigenvalue weighted by molar-refractivity contribution is 7.89. The second-order valence-corrected chi connectivity index (χ2v) is 9.68. The first-order valence-corrected chi connectivity index (χ1v) is 11.9. The zero-order valence-electron chi connectivity index (χ0n) is 18.1. The van der Waals surface area contributed by atoms with Crippen molar-refractivity contribution in [3.8, 4) is 5.75 Å². The van der Waals surface area contributed by atoms with E-state index in [0.717, 1.165) is 16.7 Å². The lowest BCUT2D eigenvalue weighted by atomic mass is 10.1. The Morgan fingerprint density at radius 3 is 2.28 bits per heavy atom. The van der Waals surface area contributed by atoms with Gasteiger partial charge in [-0.25, -0.2) is 13.1 Å². The molecule has 3 aromatic carbocycles. The van der Waals surface area contributed by atoms with Gasteiger partial charge in [0.15, 0.2) is 6.61 Å². The van der Waals surface area contributed by atoms with Crippen LogP contribution in [-0.4, -0.2) is 20.9 Å². The Hall–Kier alpha value is -2.87. The molecule has 0 bridgehead atoms. The van der Waals surface area contributed by atoms with Gasteiger partial charge >= 0.3 is 0 Å². The van der Waals surface area contributed by atoms with Gasteiger partial charge in [0.1, 0.15) is 5.75 Å². The Labute approximate surface area is 193 Å². The Morgan fingerprint density at radius 1 is 1.00 bits per heavy atom. The van der Waals surface area contributed by atoms with Gasteiger partial charge in [-0.1, -0.05) is 48.0 Å². The van der Waals surface area contributed by atoms with Gasteiger partial charge in [-0.05, 0) is 67.8 Å². The lowest BCUT2D eigenvalue weighted by molar-refractivity contribution is -0.118. The molecule has 32 heavy (non-hydrogen) atoms. The molecule has 8 heteroatoms. The van der Waals surface area contributed by atoms with E-state index < -0.39 is 16.1 Å². The summed E-state index contributed by atoms with van der Waals surface area (Å²) >= 11 is 6.23. The van der Waals surface area contributed by atoms with Crippen LogP contribution in [0.1, 0.15) is 29.7 Å². The molecule has 3 aromatic rings. The number of carbonyl (C=O) groups excluding carboxylic acids is 1. The van der Waals surface area contributed by atoms with Crippen LogP contribution < -0.4 is 14.8 Å². The minimum absolute atomic E-state index is 0.0114. The summed E-state index contributed by atoms with van der Waals surface area (Å²) in [5.74, 6) is -0.126. The van der Waals surface area contributed by atoms with Gasteiger partial charge in [0.2, 0.25) is 10.0 Å². The molecule has 0 saturated carbocycles. The molecular formula is C24H25ClN2O4S. The number of carbonyl (C=O) groups is 1. The molecule has 3 rings (SSSR count). The van der Waals surface area contributed by atoms with Crippen LogP contribution in [0.15, 0.2) is 71.6 Å². The summed E-state index contributed by atoms with van der Waals surface area (Å²) in [6.07, 6.45) is 0. The summed E-state index contributed by atoms with van der Waals surface area (Å²) in [5, 5.41) is 2.87. The van der Waals surface area contributed by atoms with Crippen molar-refractivity contribution in [1.82, 2.24) is 4.72 Å². The summed E-state index contributed by atoms with van der Waals surface area (Å²) in [6, 6.07) is 18.7. The maximum Gasteiger partial charge on any atom is 0.262 e. The first-order valence-electron chi connectivity index (χ1n) is 10.0. The van der Waals surface area contributed by atoms with Crippen molar-refractivity contribution in [3.05, 3.63) is 88.4 Å². The topological polar surface area (TPSA) is 84.5 Å². The molecule has 0 aliphatic heterocycles. The van der Waals surface area contributed by atoms with Crippen molar-refractivity contribution in [2.45, 2.75) is 31.7 Å². The molecule has 0 aromatic heterocycles. The fourth-order valence-corrected chi connectivity index (χ4v) is 4.82. The van der Waals surface area contributed by atoms with Crippen LogP contribution >= 0.6 is 11.6 Å². The predicted molar refractivity (Wildman–Crippen MR) is 127 cm³/mol. The zero-order valence-corrected chi connectivity index (χ0v) is 19.6. The number of amides is 1. The Balaban J connectivity index is 1.63. The van der Waals surface area contributed by atoms with Crippen LogP contribution in [0.25, 0.3) is 0 Å². The van der Waals surface area contributed by atoms with Crippen LogP contribution in [0.2, 0.25) is 5.02 Å². The van der Waals surface area contributed by atoms with Crippen LogP contribution in [0.4, 0.5) is 5.69 Å². The normalized spacial score (nSPS) is 12.2. The van der Waals surface area contributed by atoms with Crippen molar-refractivity contribution in [2.24, 2.45) is 0 Å². The van der Waals surface area contributed by atoms with Gasteiger partial charge in [0.05, 0.1) is 9.92 Å². The molecule has 168 valence electrons. The molecule has 0 heterocycles. The van der Waals surface area contributed by atoms with Crippen LogP contribution in [0, 0.1) is 13.8 Å². The van der Waals surface area contributed by atoms with E-state index >= 15 is 0 Å². The maximum absolute atomic E-state index is 12.7. The second kappa shape index (κ2) is 10.2. The van der Waals surface area contributed by atoms with E-state index in [1.54, 1.807) is 6.92 Å². The Bertz CT molecular complexity index is 1190. The molecule has 1 unspecified atom stereocenters. The van der Waals surface area contributed by atoms with E-state index in [0.29, 0.717) is 5.69 Å². The second-order valence-electron chi connectivity index (χ2n) is 7.56. The third-order valence-corrected chi connectivity index (χ3v) is 6.54. The van der Waals surface area contributed by atoms with Gasteiger partial charge in [-0.3, -0.25) is 4.79 Å². The number of benzene rings is 3. The molecule has 0 spiro atoms. The highest BCUT2D eigenvalue weighted by Gasteiger charge is 2.20. The number of hydrogen-bond donors (Lipinski definition) is 2. The number of anilines is 1. The summed E-state index contributed by atoms with van der Waals surface area (Å²) in [4.78, 5) is 12.2. The molecule has 0 saturated heterocycles. The van der Waals surface area contributed by atoms with Crippen LogP contribution in [0.3, 0.4) is 0 Å². The standard InChI is InChI=1S/C24H25ClN2O4S/c1-16-11-17(2)13-20(12-16)26-24(28)15-31-23-10-9-21(14-22(23)25)32(29,30)27-18(3)19-7-5-4-6-8-19/h4-14,18,27H,15H2,1-3H3,(H,26,28). The Morgan fingerprint density at radius 2 is 1.66 bits per heavy atom. The van der Waals surface area contributed by atoms with Crippen molar-refractivity contribution < 1.29 is 17.9 Å². The number of rotatable bonds is 8. The van der Waals surface area contributed by atoms with Crippen LogP contribution in [-0.2, 0) is 14.8 Å². The fourth-order valence-electron chi connectivity index (χ4n) is 3.26. The molecule has 0 aliphatic carbocycles. The summed E-state index contributed by atoms with van der Waals surface area (Å²) in [6.45, 7) is 5.40. The van der Waals surface area contributed by atoms with E-state index in [-0.39, 0.29) is 28.2 Å². The largest absolute Gasteiger partial charge is 0.482 e. The summed E-state index contributed by atoms with van der Waals surface area (Å²) in [5.41, 5.74) is 3.60. The lowest BCUT2D eigenvalue weighted by Gasteiger charge is -2.15. The monoisotopic (exact) mass is 472 g/mol. The van der Waals surface area contributed by atoms with Gasteiger partial charge in [0, 0.05) is 11.7 Å². The number of nitrogens with one attached hydrogen (secondary N) is 2. The molecule has 0 fully saturated rings. The molecule has 1 amide bonds. The number of aryl methyl sites for hydroxylation is 2. The maximum atomic E-state index is 12.7. The highest BCUT2D eigenvalue weighted by Crippen LogP contribution is 2.28. The average Bonchev–Trinajstić information content (AvgIpc) is 2.72. The van der Waals surface area contributed by atoms with Gasteiger partial charge < -0.3 is 10.1 Å². The third kappa shape index (κ3) is 6.32. The molecular weight excluding hydrogens is 448 g/mol. The van der Waals surface area contributed by atoms with E-state index in [1.165, 1.54) is 18.2 Å². The van der Waals surface area contributed by atoms with Gasteiger partial charge in [0.25, 0.3) is 5.91 Å². The number of hydrogen-bond acceptors (Lipinski definition) is 4. The molecule has 6 nitrogen and oxygen atoms in total. The molecule has 1 atom stereocenters. The lowest BCUT2D eigenvalue weighted by Crippen LogP contribution is -2.27. The summed E-state index contributed by atoms with van der Waals surface area (Å²) in [7, 11) is -3.80. The highest BCUT2D eigenvalue weighted by atomic mass is 35.5. The van der Waals surface area contributed by atoms with Crippen molar-refractivity contribution >= 4 is 33.2 Å².